The van der Waals surface area contributed by atoms with E-state index in [4.69, 9.17) is 0 Å². The molecule has 2 aromatic rings. The van der Waals surface area contributed by atoms with Gasteiger partial charge in [-0.1, -0.05) is 6.07 Å². The Morgan fingerprint density at radius 2 is 1.58 bits per heavy atom. The molecule has 2 rings (SSSR count). The maximum absolute atomic E-state index is 12.8. The van der Waals surface area contributed by atoms with E-state index in [-0.39, 0.29) is 24.7 Å². The topological polar surface area (TPSA) is 84.5 Å². The zero-order valence-corrected chi connectivity index (χ0v) is 16.2. The van der Waals surface area contributed by atoms with Crippen molar-refractivity contribution in [3.63, 3.8) is 0 Å². The molecule has 1 aromatic heterocycles. The summed E-state index contributed by atoms with van der Waals surface area (Å²) in [5.41, 5.74) is -4.46. The van der Waals surface area contributed by atoms with Crippen molar-refractivity contribution in [3.8, 4) is 0 Å². The first-order valence-electron chi connectivity index (χ1n) is 8.43. The van der Waals surface area contributed by atoms with E-state index >= 15 is 0 Å². The van der Waals surface area contributed by atoms with Crippen LogP contribution in [0.25, 0.3) is 0 Å². The molecule has 0 fully saturated rings. The van der Waals surface area contributed by atoms with Crippen molar-refractivity contribution >= 4 is 29.2 Å². The van der Waals surface area contributed by atoms with Crippen molar-refractivity contribution < 1.29 is 45.5 Å². The van der Waals surface area contributed by atoms with Gasteiger partial charge in [0.15, 0.2) is 6.61 Å². The van der Waals surface area contributed by atoms with E-state index in [9.17, 15) is 40.7 Å². The van der Waals surface area contributed by atoms with E-state index in [0.717, 1.165) is 4.88 Å². The highest BCUT2D eigenvalue weighted by Crippen LogP contribution is 2.36. The van der Waals surface area contributed by atoms with Gasteiger partial charge in [-0.3, -0.25) is 10.1 Å². The van der Waals surface area contributed by atoms with E-state index in [1.165, 1.54) is 11.3 Å². The van der Waals surface area contributed by atoms with Gasteiger partial charge in [0.2, 0.25) is 0 Å². The summed E-state index contributed by atoms with van der Waals surface area (Å²) >= 11 is 1.47. The summed E-state index contributed by atoms with van der Waals surface area (Å²) in [5, 5.41) is 6.02. The summed E-state index contributed by atoms with van der Waals surface area (Å²) in [6.45, 7) is -0.890. The molecule has 0 radical (unpaired) electrons. The molecule has 0 saturated carbocycles. The number of carbonyl (C=O) groups excluding carboxylic acids is 3. The lowest BCUT2D eigenvalue weighted by molar-refractivity contribution is -0.143. The lowest BCUT2D eigenvalue weighted by Gasteiger charge is -2.14. The molecule has 0 aliphatic heterocycles. The van der Waals surface area contributed by atoms with Crippen molar-refractivity contribution in [3.05, 3.63) is 57.3 Å². The van der Waals surface area contributed by atoms with Crippen molar-refractivity contribution in [2.75, 3.05) is 13.2 Å². The minimum Gasteiger partial charge on any atom is -0.452 e. The summed E-state index contributed by atoms with van der Waals surface area (Å²) < 4.78 is 81.4. The largest absolute Gasteiger partial charge is 0.452 e. The standard InChI is InChI=1S/C18H14F6N2O4S/c19-17(20,21)11-6-10(7-12(8-11)18(22,23)24)15(28)30-9-14(27)26-16(29)25-4-3-13-2-1-5-31-13/h1-2,5-8H,3-4,9H2,(H2,25,26,27,29). The van der Waals surface area contributed by atoms with Gasteiger partial charge in [0.05, 0.1) is 16.7 Å². The number of hydrogen-bond acceptors (Lipinski definition) is 5. The second-order valence-corrected chi connectivity index (χ2v) is 7.04. The monoisotopic (exact) mass is 468 g/mol. The molecule has 0 bridgehead atoms. The average Bonchev–Trinajstić information content (AvgIpc) is 3.17. The van der Waals surface area contributed by atoms with Crippen molar-refractivity contribution in [2.24, 2.45) is 0 Å². The highest BCUT2D eigenvalue weighted by atomic mass is 32.1. The second-order valence-electron chi connectivity index (χ2n) is 6.00. The highest BCUT2D eigenvalue weighted by molar-refractivity contribution is 7.09. The third kappa shape index (κ3) is 7.59. The number of ether oxygens (including phenoxy) is 1. The molecule has 3 amide bonds. The fourth-order valence-electron chi connectivity index (χ4n) is 2.25. The van der Waals surface area contributed by atoms with Crippen LogP contribution in [0.4, 0.5) is 31.1 Å². The molecular weight excluding hydrogens is 454 g/mol. The molecule has 31 heavy (non-hydrogen) atoms. The van der Waals surface area contributed by atoms with Gasteiger partial charge in [-0.05, 0) is 36.1 Å². The fraction of sp³-hybridized carbons (Fsp3) is 0.278. The lowest BCUT2D eigenvalue weighted by Crippen LogP contribution is -2.42. The van der Waals surface area contributed by atoms with Gasteiger partial charge in [0, 0.05) is 11.4 Å². The van der Waals surface area contributed by atoms with Crippen LogP contribution in [0.2, 0.25) is 0 Å². The molecule has 0 saturated heterocycles. The SMILES string of the molecule is O=C(COC(=O)c1cc(C(F)(F)F)cc(C(F)(F)F)c1)NC(=O)NCCc1cccs1. The molecule has 0 unspecified atom stereocenters. The van der Waals surface area contributed by atoms with Crippen molar-refractivity contribution in [1.82, 2.24) is 10.6 Å². The number of imide groups is 1. The number of carbonyl (C=O) groups is 3. The maximum Gasteiger partial charge on any atom is 0.416 e. The predicted octanol–water partition coefficient (Wildman–Crippen LogP) is 4.01. The van der Waals surface area contributed by atoms with Crippen LogP contribution in [0.5, 0.6) is 0 Å². The van der Waals surface area contributed by atoms with Crippen LogP contribution in [-0.4, -0.2) is 31.1 Å². The molecule has 1 aromatic carbocycles. The minimum absolute atomic E-state index is 0.149. The Kier molecular flexibility index (Phi) is 7.65. The van der Waals surface area contributed by atoms with E-state index in [0.29, 0.717) is 6.42 Å². The summed E-state index contributed by atoms with van der Waals surface area (Å²) in [6.07, 6.45) is -9.78. The van der Waals surface area contributed by atoms with Crippen LogP contribution in [0.3, 0.4) is 0 Å². The van der Waals surface area contributed by atoms with Gasteiger partial charge in [-0.2, -0.15) is 26.3 Å². The molecule has 0 aliphatic rings. The zero-order valence-electron chi connectivity index (χ0n) is 15.4. The van der Waals surface area contributed by atoms with Gasteiger partial charge in [-0.25, -0.2) is 9.59 Å². The predicted molar refractivity (Wildman–Crippen MR) is 96.3 cm³/mol. The number of hydrogen-bond donors (Lipinski definition) is 2. The third-order valence-electron chi connectivity index (χ3n) is 3.65. The van der Waals surface area contributed by atoms with Gasteiger partial charge in [0.25, 0.3) is 5.91 Å². The molecule has 0 aliphatic carbocycles. The van der Waals surface area contributed by atoms with Crippen molar-refractivity contribution in [2.45, 2.75) is 18.8 Å². The Bertz CT molecular complexity index is 909. The molecule has 6 nitrogen and oxygen atoms in total. The van der Waals surface area contributed by atoms with Crippen LogP contribution >= 0.6 is 11.3 Å². The molecule has 2 N–H and O–H groups in total. The third-order valence-corrected chi connectivity index (χ3v) is 4.58. The first-order valence-corrected chi connectivity index (χ1v) is 9.31. The van der Waals surface area contributed by atoms with E-state index in [1.807, 2.05) is 22.8 Å². The molecular formula is C18H14F6N2O4S. The Labute approximate surface area is 175 Å². The highest BCUT2D eigenvalue weighted by Gasteiger charge is 2.37. The molecule has 0 atom stereocenters. The first-order chi connectivity index (χ1) is 14.4. The summed E-state index contributed by atoms with van der Waals surface area (Å²) in [4.78, 5) is 36.0. The molecule has 0 spiro atoms. The number of alkyl halides is 6. The molecule has 1 heterocycles. The number of halogens is 6. The normalized spacial score (nSPS) is 11.7. The number of nitrogens with one attached hydrogen (secondary N) is 2. The summed E-state index contributed by atoms with van der Waals surface area (Å²) in [5.74, 6) is -2.71. The maximum atomic E-state index is 12.8. The lowest BCUT2D eigenvalue weighted by atomic mass is 10.0. The van der Waals surface area contributed by atoms with Crippen LogP contribution in [0.1, 0.15) is 26.4 Å². The first kappa shape index (κ1) is 24.2. The number of benzene rings is 1. The second kappa shape index (κ2) is 9.81. The molecule has 168 valence electrons. The minimum atomic E-state index is -5.14. The van der Waals surface area contributed by atoms with E-state index < -0.39 is 53.6 Å². The van der Waals surface area contributed by atoms with Gasteiger partial charge in [0.1, 0.15) is 0 Å². The number of rotatable bonds is 6. The van der Waals surface area contributed by atoms with Gasteiger partial charge >= 0.3 is 24.4 Å². The Hall–Kier alpha value is -3.09. The average molecular weight is 468 g/mol. The number of urea groups is 1. The van der Waals surface area contributed by atoms with Gasteiger partial charge < -0.3 is 10.1 Å². The van der Waals surface area contributed by atoms with Crippen molar-refractivity contribution in [1.29, 1.82) is 0 Å². The van der Waals surface area contributed by atoms with Crippen LogP contribution in [0, 0.1) is 0 Å². The van der Waals surface area contributed by atoms with E-state index in [1.54, 1.807) is 0 Å². The fourth-order valence-corrected chi connectivity index (χ4v) is 2.96. The Morgan fingerprint density at radius 3 is 2.10 bits per heavy atom. The smallest absolute Gasteiger partial charge is 0.416 e. The summed E-state index contributed by atoms with van der Waals surface area (Å²) in [6, 6.07) is 2.95. The zero-order chi connectivity index (χ0) is 23.2. The van der Waals surface area contributed by atoms with E-state index in [2.05, 4.69) is 10.1 Å². The summed E-state index contributed by atoms with van der Waals surface area (Å²) in [7, 11) is 0. The molecule has 13 heteroatoms. The number of esters is 1. The van der Waals surface area contributed by atoms with Crippen LogP contribution < -0.4 is 10.6 Å². The number of thiophene rings is 1. The Morgan fingerprint density at radius 1 is 0.968 bits per heavy atom. The van der Waals surface area contributed by atoms with Crippen LogP contribution in [-0.2, 0) is 28.3 Å². The van der Waals surface area contributed by atoms with Gasteiger partial charge in [-0.15, -0.1) is 11.3 Å². The Balaban J connectivity index is 1.92. The number of amides is 3. The van der Waals surface area contributed by atoms with Crippen LogP contribution in [0.15, 0.2) is 35.7 Å². The quantitative estimate of drug-likeness (QED) is 0.496.